The molecule has 2 fully saturated rings. The average molecular weight is 350 g/mol. The van der Waals surface area contributed by atoms with Gasteiger partial charge in [0.05, 0.1) is 18.1 Å². The largest absolute Gasteiger partial charge is 0.497 e. The minimum Gasteiger partial charge on any atom is -0.497 e. The molecular formula is C21H22N2O3. The smallest absolute Gasteiger partial charge is 0.269 e. The fourth-order valence-electron chi connectivity index (χ4n) is 5.73. The summed E-state index contributed by atoms with van der Waals surface area (Å²) in [6, 6.07) is 13.9. The van der Waals surface area contributed by atoms with Gasteiger partial charge in [0.1, 0.15) is 5.75 Å². The van der Waals surface area contributed by atoms with Gasteiger partial charge in [0.2, 0.25) is 0 Å². The molecule has 2 bridgehead atoms. The number of nitro benzene ring substituents is 1. The standard InChI is InChI=1S/C21H22N2O3/c1-26-16-7-4-12(5-8-16)21-20-14-3-2-13(10-14)19(20)17-11-15(23(24)25)6-9-18(17)22-21/h4-9,11,13-14,19-22H,2-3,10H2,1H3/t13-,14-,19-,20-,21-/m0/s1. The zero-order valence-electron chi connectivity index (χ0n) is 14.7. The summed E-state index contributed by atoms with van der Waals surface area (Å²) >= 11 is 0. The third-order valence-corrected chi connectivity index (χ3v) is 6.76. The highest BCUT2D eigenvalue weighted by Crippen LogP contribution is 2.63. The third kappa shape index (κ3) is 2.23. The number of nitro groups is 1. The highest BCUT2D eigenvalue weighted by Gasteiger charge is 2.54. The number of anilines is 1. The van der Waals surface area contributed by atoms with Crippen LogP contribution in [0.15, 0.2) is 42.5 Å². The van der Waals surface area contributed by atoms with Gasteiger partial charge in [0.25, 0.3) is 5.69 Å². The summed E-state index contributed by atoms with van der Waals surface area (Å²) in [7, 11) is 1.68. The molecule has 3 aliphatic rings. The molecule has 0 unspecified atom stereocenters. The second kappa shape index (κ2) is 5.73. The number of ether oxygens (including phenoxy) is 1. The Morgan fingerprint density at radius 1 is 1.12 bits per heavy atom. The molecule has 1 aliphatic heterocycles. The summed E-state index contributed by atoms with van der Waals surface area (Å²) < 4.78 is 5.30. The minimum atomic E-state index is -0.280. The number of fused-ring (bicyclic) bond motifs is 7. The van der Waals surface area contributed by atoms with Crippen LogP contribution in [0.5, 0.6) is 5.75 Å². The highest BCUT2D eigenvalue weighted by atomic mass is 16.6. The lowest BCUT2D eigenvalue weighted by Crippen LogP contribution is -2.35. The molecule has 5 nitrogen and oxygen atoms in total. The number of nitrogens with one attached hydrogen (secondary N) is 1. The molecule has 0 aromatic heterocycles. The Labute approximate surface area is 152 Å². The van der Waals surface area contributed by atoms with E-state index in [1.807, 2.05) is 24.3 Å². The van der Waals surface area contributed by atoms with Gasteiger partial charge in [0, 0.05) is 17.8 Å². The molecule has 1 N–H and O–H groups in total. The lowest BCUT2D eigenvalue weighted by Gasteiger charge is -2.43. The number of hydrogen-bond acceptors (Lipinski definition) is 4. The lowest BCUT2D eigenvalue weighted by atomic mass is 9.68. The minimum absolute atomic E-state index is 0.204. The Morgan fingerprint density at radius 2 is 1.88 bits per heavy atom. The molecule has 2 saturated carbocycles. The van der Waals surface area contributed by atoms with Gasteiger partial charge in [-0.3, -0.25) is 10.1 Å². The zero-order chi connectivity index (χ0) is 17.8. The van der Waals surface area contributed by atoms with E-state index in [1.165, 1.54) is 24.8 Å². The van der Waals surface area contributed by atoms with Gasteiger partial charge in [0.15, 0.2) is 0 Å². The second-order valence-corrected chi connectivity index (χ2v) is 7.86. The fourth-order valence-corrected chi connectivity index (χ4v) is 5.73. The van der Waals surface area contributed by atoms with Crippen molar-refractivity contribution < 1.29 is 9.66 Å². The fraction of sp³-hybridized carbons (Fsp3) is 0.429. The van der Waals surface area contributed by atoms with Crippen molar-refractivity contribution in [3.63, 3.8) is 0 Å². The summed E-state index contributed by atoms with van der Waals surface area (Å²) in [6.07, 6.45) is 3.79. The zero-order valence-corrected chi connectivity index (χ0v) is 14.7. The monoisotopic (exact) mass is 350 g/mol. The van der Waals surface area contributed by atoms with Gasteiger partial charge in [-0.25, -0.2) is 0 Å². The van der Waals surface area contributed by atoms with Crippen molar-refractivity contribution in [2.45, 2.75) is 31.2 Å². The van der Waals surface area contributed by atoms with Crippen LogP contribution in [0.1, 0.15) is 42.3 Å². The summed E-state index contributed by atoms with van der Waals surface area (Å²) in [6.45, 7) is 0. The SMILES string of the molecule is COc1ccc([C@@H]2Nc3ccc([N+](=O)[O-])cc3[C@@H]3[C@H]4CC[C@@H](C4)[C@@H]32)cc1. The Bertz CT molecular complexity index is 864. The molecule has 134 valence electrons. The Morgan fingerprint density at radius 3 is 2.62 bits per heavy atom. The van der Waals surface area contributed by atoms with Crippen molar-refractivity contribution in [1.29, 1.82) is 0 Å². The van der Waals surface area contributed by atoms with Gasteiger partial charge in [-0.2, -0.15) is 0 Å². The van der Waals surface area contributed by atoms with Crippen LogP contribution in [0, 0.1) is 27.9 Å². The molecule has 0 radical (unpaired) electrons. The first-order chi connectivity index (χ1) is 12.7. The van der Waals surface area contributed by atoms with E-state index in [4.69, 9.17) is 4.74 Å². The molecule has 0 spiro atoms. The predicted molar refractivity (Wildman–Crippen MR) is 99.5 cm³/mol. The van der Waals surface area contributed by atoms with Crippen LogP contribution < -0.4 is 10.1 Å². The molecule has 0 saturated heterocycles. The number of rotatable bonds is 3. The molecule has 5 rings (SSSR count). The Kier molecular flexibility index (Phi) is 3.45. The molecule has 2 aromatic carbocycles. The van der Waals surface area contributed by atoms with Crippen LogP contribution in [-0.2, 0) is 0 Å². The van der Waals surface area contributed by atoms with Crippen molar-refractivity contribution in [2.24, 2.45) is 17.8 Å². The van der Waals surface area contributed by atoms with Crippen LogP contribution >= 0.6 is 0 Å². The third-order valence-electron chi connectivity index (χ3n) is 6.76. The van der Waals surface area contributed by atoms with Crippen molar-refractivity contribution in [3.8, 4) is 5.75 Å². The van der Waals surface area contributed by atoms with Crippen LogP contribution in [0.4, 0.5) is 11.4 Å². The Balaban J connectivity index is 1.59. The van der Waals surface area contributed by atoms with Gasteiger partial charge >= 0.3 is 0 Å². The lowest BCUT2D eigenvalue weighted by molar-refractivity contribution is -0.384. The van der Waals surface area contributed by atoms with E-state index < -0.39 is 0 Å². The quantitative estimate of drug-likeness (QED) is 0.632. The first-order valence-corrected chi connectivity index (χ1v) is 9.34. The molecule has 5 atom stereocenters. The number of hydrogen-bond donors (Lipinski definition) is 1. The number of nitrogens with zero attached hydrogens (tertiary/aromatic N) is 1. The molecule has 1 heterocycles. The molecular weight excluding hydrogens is 328 g/mol. The maximum Gasteiger partial charge on any atom is 0.269 e. The number of methoxy groups -OCH3 is 1. The Hall–Kier alpha value is -2.56. The van der Waals surface area contributed by atoms with Crippen molar-refractivity contribution in [1.82, 2.24) is 0 Å². The van der Waals surface area contributed by atoms with Gasteiger partial charge < -0.3 is 10.1 Å². The number of benzene rings is 2. The molecule has 0 amide bonds. The molecule has 2 aromatic rings. The van der Waals surface area contributed by atoms with E-state index in [0.717, 1.165) is 17.0 Å². The summed E-state index contributed by atoms with van der Waals surface area (Å²) in [5, 5.41) is 15.0. The molecule has 2 aliphatic carbocycles. The van der Waals surface area contributed by atoms with Crippen LogP contribution in [-0.4, -0.2) is 12.0 Å². The number of non-ortho nitro benzene ring substituents is 1. The van der Waals surface area contributed by atoms with Gasteiger partial charge in [-0.1, -0.05) is 12.1 Å². The van der Waals surface area contributed by atoms with E-state index in [-0.39, 0.29) is 16.7 Å². The first kappa shape index (κ1) is 15.7. The topological polar surface area (TPSA) is 64.4 Å². The summed E-state index contributed by atoms with van der Waals surface area (Å²) in [5.41, 5.74) is 3.69. The average Bonchev–Trinajstić information content (AvgIpc) is 3.29. The van der Waals surface area contributed by atoms with E-state index >= 15 is 0 Å². The normalized spacial score (nSPS) is 31.0. The van der Waals surface area contributed by atoms with Crippen LogP contribution in [0.3, 0.4) is 0 Å². The van der Waals surface area contributed by atoms with Crippen LogP contribution in [0.2, 0.25) is 0 Å². The predicted octanol–water partition coefficient (Wildman–Crippen LogP) is 4.90. The van der Waals surface area contributed by atoms with E-state index in [0.29, 0.717) is 23.7 Å². The summed E-state index contributed by atoms with van der Waals surface area (Å²) in [4.78, 5) is 11.0. The maximum atomic E-state index is 11.3. The van der Waals surface area contributed by atoms with Crippen LogP contribution in [0.25, 0.3) is 0 Å². The molecule has 5 heteroatoms. The van der Waals surface area contributed by atoms with E-state index in [9.17, 15) is 10.1 Å². The van der Waals surface area contributed by atoms with Crippen molar-refractivity contribution >= 4 is 11.4 Å². The van der Waals surface area contributed by atoms with Crippen molar-refractivity contribution in [2.75, 3.05) is 12.4 Å². The maximum absolute atomic E-state index is 11.3. The summed E-state index contributed by atoms with van der Waals surface area (Å²) in [5.74, 6) is 3.17. The van der Waals surface area contributed by atoms with E-state index in [1.54, 1.807) is 13.2 Å². The van der Waals surface area contributed by atoms with Crippen molar-refractivity contribution in [3.05, 3.63) is 63.7 Å². The highest BCUT2D eigenvalue weighted by molar-refractivity contribution is 5.62. The molecule has 26 heavy (non-hydrogen) atoms. The van der Waals surface area contributed by atoms with E-state index in [2.05, 4.69) is 17.4 Å². The van der Waals surface area contributed by atoms with Gasteiger partial charge in [-0.05, 0) is 72.3 Å². The first-order valence-electron chi connectivity index (χ1n) is 9.34. The van der Waals surface area contributed by atoms with Gasteiger partial charge in [-0.15, -0.1) is 0 Å². The second-order valence-electron chi connectivity index (χ2n) is 7.86.